The molecule has 0 radical (unpaired) electrons. The molecule has 3 heterocycles. The van der Waals surface area contributed by atoms with E-state index in [2.05, 4.69) is 27.3 Å². The van der Waals surface area contributed by atoms with Crippen molar-refractivity contribution in [1.82, 2.24) is 10.3 Å². The summed E-state index contributed by atoms with van der Waals surface area (Å²) in [5, 5.41) is 3.03. The van der Waals surface area contributed by atoms with Crippen molar-refractivity contribution in [3.8, 4) is 0 Å². The monoisotopic (exact) mass is 332 g/mol. The zero-order valence-electron chi connectivity index (χ0n) is 14.3. The molecule has 0 atom stereocenters. The highest BCUT2D eigenvalue weighted by Crippen LogP contribution is 2.29. The number of hydrogen-bond acceptors (Lipinski definition) is 5. The first-order valence-corrected chi connectivity index (χ1v) is 8.99. The van der Waals surface area contributed by atoms with Crippen molar-refractivity contribution in [3.05, 3.63) is 23.9 Å². The molecule has 0 spiro atoms. The molecule has 2 saturated heterocycles. The highest BCUT2D eigenvalue weighted by molar-refractivity contribution is 5.83. The minimum absolute atomic E-state index is 0.0356. The third-order valence-corrected chi connectivity index (χ3v) is 5.26. The van der Waals surface area contributed by atoms with E-state index < -0.39 is 5.41 Å². The van der Waals surface area contributed by atoms with E-state index in [9.17, 15) is 4.79 Å². The van der Waals surface area contributed by atoms with Crippen LogP contribution in [0.15, 0.2) is 18.3 Å². The van der Waals surface area contributed by atoms with Gasteiger partial charge in [0, 0.05) is 45.6 Å². The molecule has 0 aliphatic carbocycles. The molecule has 1 aromatic rings. The van der Waals surface area contributed by atoms with Gasteiger partial charge in [0.25, 0.3) is 0 Å². The average molecular weight is 332 g/mol. The van der Waals surface area contributed by atoms with E-state index in [0.29, 0.717) is 39.1 Å². The number of aromatic nitrogens is 1. The second-order valence-electron chi connectivity index (χ2n) is 6.85. The highest BCUT2D eigenvalue weighted by atomic mass is 16.5. The maximum Gasteiger partial charge on any atom is 0.227 e. The second-order valence-corrected chi connectivity index (χ2v) is 6.85. The fraction of sp³-hybridized carbons (Fsp3) is 0.667. The molecule has 1 amide bonds. The van der Waals surface area contributed by atoms with Gasteiger partial charge in [0.1, 0.15) is 5.82 Å². The van der Waals surface area contributed by atoms with Crippen LogP contribution in [-0.4, -0.2) is 43.7 Å². The molecule has 3 N–H and O–H groups in total. The highest BCUT2D eigenvalue weighted by Gasteiger charge is 2.38. The third kappa shape index (κ3) is 3.87. The summed E-state index contributed by atoms with van der Waals surface area (Å²) in [6.07, 6.45) is 7.05. The Labute approximate surface area is 143 Å². The van der Waals surface area contributed by atoms with Gasteiger partial charge in [-0.05, 0) is 43.7 Å². The van der Waals surface area contributed by atoms with Crippen molar-refractivity contribution < 1.29 is 9.53 Å². The van der Waals surface area contributed by atoms with Crippen molar-refractivity contribution in [1.29, 1.82) is 0 Å². The smallest absolute Gasteiger partial charge is 0.227 e. The molecular formula is C18H28N4O2. The molecule has 0 bridgehead atoms. The molecule has 1 aromatic heterocycles. The van der Waals surface area contributed by atoms with E-state index in [4.69, 9.17) is 10.5 Å². The Morgan fingerprint density at radius 1 is 1.25 bits per heavy atom. The van der Waals surface area contributed by atoms with Gasteiger partial charge in [-0.3, -0.25) is 4.79 Å². The maximum atomic E-state index is 12.6. The zero-order chi connectivity index (χ0) is 16.8. The summed E-state index contributed by atoms with van der Waals surface area (Å²) in [5.41, 5.74) is 6.42. The van der Waals surface area contributed by atoms with E-state index in [1.54, 1.807) is 0 Å². The van der Waals surface area contributed by atoms with Crippen LogP contribution in [0.1, 0.15) is 37.7 Å². The summed E-state index contributed by atoms with van der Waals surface area (Å²) in [6, 6.07) is 4.11. The number of nitrogens with zero attached hydrogens (tertiary/aromatic N) is 2. The van der Waals surface area contributed by atoms with Gasteiger partial charge in [0.2, 0.25) is 5.91 Å². The Balaban J connectivity index is 1.55. The first-order valence-electron chi connectivity index (χ1n) is 8.99. The number of ether oxygens (including phenoxy) is 1. The van der Waals surface area contributed by atoms with Crippen molar-refractivity contribution in [3.63, 3.8) is 0 Å². The molecule has 2 aliphatic rings. The fourth-order valence-electron chi connectivity index (χ4n) is 3.49. The summed E-state index contributed by atoms with van der Waals surface area (Å²) in [7, 11) is 0. The van der Waals surface area contributed by atoms with Gasteiger partial charge in [0.15, 0.2) is 0 Å². The topological polar surface area (TPSA) is 80.5 Å². The molecule has 6 nitrogen and oxygen atoms in total. The molecule has 3 rings (SSSR count). The molecule has 2 fully saturated rings. The van der Waals surface area contributed by atoms with Crippen molar-refractivity contribution in [2.45, 2.75) is 38.6 Å². The number of piperidine rings is 1. The van der Waals surface area contributed by atoms with Crippen LogP contribution in [0.5, 0.6) is 0 Å². The lowest BCUT2D eigenvalue weighted by atomic mass is 9.79. The molecule has 0 saturated carbocycles. The number of rotatable bonds is 5. The number of anilines is 1. The van der Waals surface area contributed by atoms with Crippen LogP contribution in [-0.2, 0) is 16.1 Å². The number of nitrogens with two attached hydrogens (primary N) is 1. The first-order chi connectivity index (χ1) is 11.7. The lowest BCUT2D eigenvalue weighted by molar-refractivity contribution is -0.136. The number of pyridine rings is 1. The lowest BCUT2D eigenvalue weighted by Crippen LogP contribution is -2.48. The molecule has 6 heteroatoms. The van der Waals surface area contributed by atoms with E-state index in [0.717, 1.165) is 24.5 Å². The molecule has 24 heavy (non-hydrogen) atoms. The van der Waals surface area contributed by atoms with Crippen LogP contribution in [0.2, 0.25) is 0 Å². The Bertz CT molecular complexity index is 534. The molecule has 2 aliphatic heterocycles. The predicted molar refractivity (Wildman–Crippen MR) is 93.7 cm³/mol. The quantitative estimate of drug-likeness (QED) is 0.853. The van der Waals surface area contributed by atoms with Gasteiger partial charge >= 0.3 is 0 Å². The Morgan fingerprint density at radius 3 is 2.62 bits per heavy atom. The Morgan fingerprint density at radius 2 is 2.00 bits per heavy atom. The van der Waals surface area contributed by atoms with Crippen LogP contribution in [0.25, 0.3) is 0 Å². The van der Waals surface area contributed by atoms with Crippen molar-refractivity contribution >= 4 is 11.7 Å². The van der Waals surface area contributed by atoms with Crippen molar-refractivity contribution in [2.75, 3.05) is 37.7 Å². The minimum atomic E-state index is -0.473. The van der Waals surface area contributed by atoms with E-state index >= 15 is 0 Å². The fourth-order valence-corrected chi connectivity index (χ4v) is 3.49. The van der Waals surface area contributed by atoms with E-state index in [1.807, 2.05) is 6.20 Å². The molecule has 132 valence electrons. The van der Waals surface area contributed by atoms with E-state index in [1.165, 1.54) is 19.3 Å². The summed E-state index contributed by atoms with van der Waals surface area (Å²) in [5.74, 6) is 1.07. The largest absolute Gasteiger partial charge is 0.381 e. The summed E-state index contributed by atoms with van der Waals surface area (Å²) >= 11 is 0. The number of nitrogens with one attached hydrogen (secondary N) is 1. The summed E-state index contributed by atoms with van der Waals surface area (Å²) < 4.78 is 5.36. The average Bonchev–Trinajstić information content (AvgIpc) is 2.67. The van der Waals surface area contributed by atoms with Crippen LogP contribution in [0.4, 0.5) is 5.82 Å². The van der Waals surface area contributed by atoms with Crippen LogP contribution in [0.3, 0.4) is 0 Å². The van der Waals surface area contributed by atoms with Gasteiger partial charge in [-0.25, -0.2) is 4.98 Å². The zero-order valence-corrected chi connectivity index (χ0v) is 14.3. The first kappa shape index (κ1) is 17.2. The lowest BCUT2D eigenvalue weighted by Gasteiger charge is -2.34. The Kier molecular flexibility index (Phi) is 5.68. The Hall–Kier alpha value is -1.66. The number of hydrogen-bond donors (Lipinski definition) is 2. The minimum Gasteiger partial charge on any atom is -0.381 e. The predicted octanol–water partition coefficient (Wildman–Crippen LogP) is 1.44. The summed E-state index contributed by atoms with van der Waals surface area (Å²) in [6.45, 7) is 4.25. The van der Waals surface area contributed by atoms with Gasteiger partial charge < -0.3 is 20.7 Å². The van der Waals surface area contributed by atoms with Gasteiger partial charge in [-0.1, -0.05) is 6.07 Å². The van der Waals surface area contributed by atoms with E-state index in [-0.39, 0.29) is 5.91 Å². The van der Waals surface area contributed by atoms with Gasteiger partial charge in [-0.2, -0.15) is 0 Å². The van der Waals surface area contributed by atoms with Crippen molar-refractivity contribution in [2.24, 2.45) is 11.1 Å². The summed E-state index contributed by atoms with van der Waals surface area (Å²) in [4.78, 5) is 19.5. The van der Waals surface area contributed by atoms with Crippen LogP contribution >= 0.6 is 0 Å². The third-order valence-electron chi connectivity index (χ3n) is 5.26. The van der Waals surface area contributed by atoms with Crippen LogP contribution < -0.4 is 16.0 Å². The standard InChI is InChI=1S/C18H28N4O2/c19-14-18(6-10-24-11-7-18)17(23)21-13-15-4-5-16(20-12-15)22-8-2-1-3-9-22/h4-5,12H,1-3,6-11,13-14,19H2,(H,21,23). The van der Waals surface area contributed by atoms with Gasteiger partial charge in [0.05, 0.1) is 5.41 Å². The number of carbonyl (C=O) groups is 1. The normalized spacial score (nSPS) is 20.6. The van der Waals surface area contributed by atoms with Crippen LogP contribution in [0, 0.1) is 5.41 Å². The molecule has 0 unspecified atom stereocenters. The number of amides is 1. The molecular weight excluding hydrogens is 304 g/mol. The number of carbonyl (C=O) groups excluding carboxylic acids is 1. The molecule has 0 aromatic carbocycles. The SMILES string of the molecule is NCC1(C(=O)NCc2ccc(N3CCCCC3)nc2)CCOCC1. The maximum absolute atomic E-state index is 12.6. The van der Waals surface area contributed by atoms with Gasteiger partial charge in [-0.15, -0.1) is 0 Å². The second kappa shape index (κ2) is 7.94.